The van der Waals surface area contributed by atoms with Crippen LogP contribution in [0.5, 0.6) is 0 Å². The number of anilines is 1. The van der Waals surface area contributed by atoms with Crippen molar-refractivity contribution in [3.8, 4) is 0 Å². The molecular formula is C21H27N5O2. The van der Waals surface area contributed by atoms with Crippen molar-refractivity contribution in [2.24, 2.45) is 11.7 Å². The third-order valence-electron chi connectivity index (χ3n) is 6.42. The van der Waals surface area contributed by atoms with Gasteiger partial charge in [-0.3, -0.25) is 14.3 Å². The van der Waals surface area contributed by atoms with E-state index in [9.17, 15) is 9.59 Å². The SMILES string of the molecule is [C-]#[N+]C(C)(C)C(N)C1CCN(c2ccc3c(=O)[nH]c(=O)n(C4CC4)c3c2C)C1. The van der Waals surface area contributed by atoms with Gasteiger partial charge in [-0.15, -0.1) is 0 Å². The van der Waals surface area contributed by atoms with E-state index in [0.29, 0.717) is 5.39 Å². The molecule has 0 amide bonds. The van der Waals surface area contributed by atoms with Crippen LogP contribution in [0.4, 0.5) is 5.69 Å². The van der Waals surface area contributed by atoms with Crippen LogP contribution >= 0.6 is 0 Å². The van der Waals surface area contributed by atoms with Crippen molar-refractivity contribution in [1.29, 1.82) is 0 Å². The molecule has 2 aromatic rings. The fraction of sp³-hybridized carbons (Fsp3) is 0.571. The average Bonchev–Trinajstić information content (AvgIpc) is 3.37. The number of benzene rings is 1. The molecule has 1 saturated carbocycles. The summed E-state index contributed by atoms with van der Waals surface area (Å²) in [5.41, 5.74) is 7.95. The molecule has 0 bridgehead atoms. The summed E-state index contributed by atoms with van der Waals surface area (Å²) in [5.74, 6) is 0.240. The summed E-state index contributed by atoms with van der Waals surface area (Å²) in [7, 11) is 0. The quantitative estimate of drug-likeness (QED) is 0.795. The highest BCUT2D eigenvalue weighted by Gasteiger charge is 2.41. The topological polar surface area (TPSA) is 88.5 Å². The second-order valence-electron chi connectivity index (χ2n) is 8.75. The Bertz CT molecular complexity index is 1090. The van der Waals surface area contributed by atoms with Gasteiger partial charge in [0.05, 0.1) is 16.9 Å². The number of aromatic nitrogens is 2. The molecule has 2 aliphatic rings. The Kier molecular flexibility index (Phi) is 4.35. The van der Waals surface area contributed by atoms with E-state index in [2.05, 4.69) is 14.7 Å². The van der Waals surface area contributed by atoms with Gasteiger partial charge in [-0.2, -0.15) is 0 Å². The molecule has 0 spiro atoms. The molecule has 1 aliphatic carbocycles. The van der Waals surface area contributed by atoms with Gasteiger partial charge in [0, 0.05) is 44.6 Å². The first kappa shape index (κ1) is 18.8. The minimum Gasteiger partial charge on any atom is -0.371 e. The Hall–Kier alpha value is -2.59. The second kappa shape index (κ2) is 6.49. The molecule has 7 heteroatoms. The lowest BCUT2D eigenvalue weighted by Crippen LogP contribution is -2.47. The van der Waals surface area contributed by atoms with Gasteiger partial charge in [0.15, 0.2) is 0 Å². The first-order chi connectivity index (χ1) is 13.2. The van der Waals surface area contributed by atoms with E-state index in [0.717, 1.165) is 49.1 Å². The van der Waals surface area contributed by atoms with Crippen LogP contribution in [0.15, 0.2) is 21.7 Å². The van der Waals surface area contributed by atoms with Crippen LogP contribution in [0, 0.1) is 19.4 Å². The van der Waals surface area contributed by atoms with Gasteiger partial charge in [-0.25, -0.2) is 11.4 Å². The highest BCUT2D eigenvalue weighted by atomic mass is 16.2. The van der Waals surface area contributed by atoms with Crippen LogP contribution in [0.25, 0.3) is 15.7 Å². The summed E-state index contributed by atoms with van der Waals surface area (Å²) in [6, 6.07) is 3.79. The molecule has 2 atom stereocenters. The van der Waals surface area contributed by atoms with Gasteiger partial charge in [0.25, 0.3) is 5.56 Å². The Morgan fingerprint density at radius 3 is 2.64 bits per heavy atom. The molecule has 28 heavy (non-hydrogen) atoms. The van der Waals surface area contributed by atoms with Crippen LogP contribution in [0.3, 0.4) is 0 Å². The number of hydrogen-bond acceptors (Lipinski definition) is 4. The molecule has 4 rings (SSSR count). The fourth-order valence-electron chi connectivity index (χ4n) is 4.48. The number of fused-ring (bicyclic) bond motifs is 1. The maximum absolute atomic E-state index is 12.5. The summed E-state index contributed by atoms with van der Waals surface area (Å²) < 4.78 is 1.76. The molecule has 0 radical (unpaired) electrons. The highest BCUT2D eigenvalue weighted by Crippen LogP contribution is 2.38. The van der Waals surface area contributed by atoms with Gasteiger partial charge in [-0.05, 0) is 43.9 Å². The van der Waals surface area contributed by atoms with Crippen molar-refractivity contribution in [1.82, 2.24) is 9.55 Å². The zero-order valence-corrected chi connectivity index (χ0v) is 16.7. The summed E-state index contributed by atoms with van der Waals surface area (Å²) >= 11 is 0. The maximum atomic E-state index is 12.5. The number of hydrogen-bond donors (Lipinski definition) is 2. The van der Waals surface area contributed by atoms with Gasteiger partial charge < -0.3 is 15.5 Å². The first-order valence-corrected chi connectivity index (χ1v) is 9.92. The van der Waals surface area contributed by atoms with Crippen molar-refractivity contribution in [3.05, 3.63) is 50.0 Å². The van der Waals surface area contributed by atoms with Gasteiger partial charge >= 0.3 is 5.69 Å². The molecule has 1 aromatic heterocycles. The Labute approximate surface area is 164 Å². The standard InChI is InChI=1S/C21H27N5O2/c1-12-16(25-10-9-13(11-25)18(22)21(2,3)23-4)8-7-15-17(12)26(14-5-6-14)20(28)24-19(15)27/h7-8,13-14,18H,5-6,9-11,22H2,1-3H3,(H,24,27,28). The molecule has 3 N–H and O–H groups in total. The van der Waals surface area contributed by atoms with Crippen molar-refractivity contribution in [3.63, 3.8) is 0 Å². The van der Waals surface area contributed by atoms with Crippen LogP contribution in [0.2, 0.25) is 0 Å². The number of H-pyrrole nitrogens is 1. The van der Waals surface area contributed by atoms with Crippen LogP contribution in [-0.2, 0) is 0 Å². The van der Waals surface area contributed by atoms with Gasteiger partial charge in [0.2, 0.25) is 5.54 Å². The highest BCUT2D eigenvalue weighted by molar-refractivity contribution is 5.86. The smallest absolute Gasteiger partial charge is 0.329 e. The molecule has 2 fully saturated rings. The second-order valence-corrected chi connectivity index (χ2v) is 8.75. The van der Waals surface area contributed by atoms with Crippen molar-refractivity contribution >= 4 is 16.6 Å². The summed E-state index contributed by atoms with van der Waals surface area (Å²) in [4.78, 5) is 33.2. The third-order valence-corrected chi connectivity index (χ3v) is 6.42. The monoisotopic (exact) mass is 381 g/mol. The van der Waals surface area contributed by atoms with Crippen molar-refractivity contribution in [2.75, 3.05) is 18.0 Å². The fourth-order valence-corrected chi connectivity index (χ4v) is 4.48. The number of nitrogens with two attached hydrogens (primary N) is 1. The van der Waals surface area contributed by atoms with E-state index in [1.54, 1.807) is 4.57 Å². The predicted molar refractivity (Wildman–Crippen MR) is 111 cm³/mol. The molecule has 7 nitrogen and oxygen atoms in total. The molecular weight excluding hydrogens is 354 g/mol. The molecule has 2 heterocycles. The Balaban J connectivity index is 1.74. The number of nitrogens with zero attached hydrogens (tertiary/aromatic N) is 3. The van der Waals surface area contributed by atoms with Crippen molar-refractivity contribution in [2.45, 2.75) is 57.7 Å². The largest absolute Gasteiger partial charge is 0.371 e. The van der Waals surface area contributed by atoms with Crippen LogP contribution in [0.1, 0.15) is 44.7 Å². The predicted octanol–water partition coefficient (Wildman–Crippen LogP) is 2.18. The summed E-state index contributed by atoms with van der Waals surface area (Å²) in [6.07, 6.45) is 2.87. The number of aryl methyl sites for hydroxylation is 1. The molecule has 148 valence electrons. The van der Waals surface area contributed by atoms with E-state index in [1.165, 1.54) is 0 Å². The van der Waals surface area contributed by atoms with Gasteiger partial charge in [0.1, 0.15) is 0 Å². The van der Waals surface area contributed by atoms with E-state index >= 15 is 0 Å². The van der Waals surface area contributed by atoms with E-state index in [4.69, 9.17) is 12.3 Å². The average molecular weight is 381 g/mol. The zero-order valence-electron chi connectivity index (χ0n) is 16.7. The lowest BCUT2D eigenvalue weighted by Gasteiger charge is -2.27. The molecule has 2 unspecified atom stereocenters. The van der Waals surface area contributed by atoms with Crippen molar-refractivity contribution < 1.29 is 0 Å². The minimum atomic E-state index is -0.584. The lowest BCUT2D eigenvalue weighted by atomic mass is 9.85. The van der Waals surface area contributed by atoms with E-state index in [-0.39, 0.29) is 29.3 Å². The summed E-state index contributed by atoms with van der Waals surface area (Å²) in [5, 5.41) is 0.564. The normalized spacial score (nSPS) is 21.1. The Morgan fingerprint density at radius 2 is 2.00 bits per heavy atom. The van der Waals surface area contributed by atoms with Crippen LogP contribution in [-0.4, -0.2) is 34.2 Å². The number of aromatic amines is 1. The summed E-state index contributed by atoms with van der Waals surface area (Å²) in [6.45, 7) is 14.8. The van der Waals surface area contributed by atoms with Gasteiger partial charge in [-0.1, -0.05) is 0 Å². The van der Waals surface area contributed by atoms with Crippen LogP contribution < -0.4 is 21.9 Å². The number of nitrogens with one attached hydrogen (secondary N) is 1. The molecule has 1 saturated heterocycles. The third kappa shape index (κ3) is 2.92. The molecule has 1 aromatic carbocycles. The first-order valence-electron chi connectivity index (χ1n) is 9.92. The maximum Gasteiger partial charge on any atom is 0.329 e. The zero-order chi connectivity index (χ0) is 20.2. The Morgan fingerprint density at radius 1 is 1.29 bits per heavy atom. The molecule has 1 aliphatic heterocycles. The lowest BCUT2D eigenvalue weighted by molar-refractivity contribution is 0.355. The van der Waals surface area contributed by atoms with E-state index < -0.39 is 5.54 Å². The number of rotatable bonds is 4. The van der Waals surface area contributed by atoms with E-state index in [1.807, 2.05) is 32.9 Å². The minimum absolute atomic E-state index is 0.181.